The van der Waals surface area contributed by atoms with Crippen LogP contribution in [0, 0.1) is 5.92 Å². The maximum Gasteiger partial charge on any atom is 0.306 e. The largest absolute Gasteiger partial charge is 0.481 e. The highest BCUT2D eigenvalue weighted by Gasteiger charge is 2.29. The zero-order valence-electron chi connectivity index (χ0n) is 10.9. The average Bonchev–Trinajstić information content (AvgIpc) is 2.90. The number of hydrogen-bond acceptors (Lipinski definition) is 6. The van der Waals surface area contributed by atoms with Gasteiger partial charge in [-0.25, -0.2) is 0 Å². The number of nitrogens with zero attached hydrogens (tertiary/aromatic N) is 1. The molecule has 0 radical (unpaired) electrons. The minimum Gasteiger partial charge on any atom is -0.481 e. The SMILES string of the molecule is NCCCCC(CC(=O)C(N)C1CN=CN1)C(=O)O. The Hall–Kier alpha value is -1.47. The van der Waals surface area contributed by atoms with E-state index < -0.39 is 17.9 Å². The van der Waals surface area contributed by atoms with Crippen molar-refractivity contribution in [3.05, 3.63) is 0 Å². The van der Waals surface area contributed by atoms with Gasteiger partial charge < -0.3 is 21.9 Å². The van der Waals surface area contributed by atoms with Crippen molar-refractivity contribution >= 4 is 18.1 Å². The fraction of sp³-hybridized carbons (Fsp3) is 0.750. The van der Waals surface area contributed by atoms with Crippen LogP contribution in [0.5, 0.6) is 0 Å². The van der Waals surface area contributed by atoms with Crippen molar-refractivity contribution in [1.82, 2.24) is 5.32 Å². The van der Waals surface area contributed by atoms with Crippen LogP contribution in [0.15, 0.2) is 4.99 Å². The van der Waals surface area contributed by atoms with Gasteiger partial charge >= 0.3 is 5.97 Å². The van der Waals surface area contributed by atoms with Crippen LogP contribution in [0.1, 0.15) is 25.7 Å². The van der Waals surface area contributed by atoms with E-state index in [1.165, 1.54) is 6.34 Å². The highest BCUT2D eigenvalue weighted by Crippen LogP contribution is 2.15. The number of aliphatic carboxylic acids is 1. The Bertz CT molecular complexity index is 338. The molecule has 1 rings (SSSR count). The number of carboxylic acid groups (broad SMARTS) is 1. The standard InChI is InChI=1S/C12H22N4O3/c13-4-2-1-3-8(12(18)19)5-10(17)11(14)9-6-15-7-16-9/h7-9,11H,1-6,13-14H2,(H,15,16)(H,18,19). The number of hydrogen-bond donors (Lipinski definition) is 4. The molecule has 0 fully saturated rings. The third kappa shape index (κ3) is 4.96. The Morgan fingerprint density at radius 3 is 2.74 bits per heavy atom. The third-order valence-electron chi connectivity index (χ3n) is 3.29. The predicted molar refractivity (Wildman–Crippen MR) is 71.9 cm³/mol. The number of ketones is 1. The molecule has 6 N–H and O–H groups in total. The third-order valence-corrected chi connectivity index (χ3v) is 3.29. The Labute approximate surface area is 112 Å². The maximum absolute atomic E-state index is 12.0. The first-order chi connectivity index (χ1) is 9.06. The molecule has 1 heterocycles. The molecular weight excluding hydrogens is 248 g/mol. The maximum atomic E-state index is 12.0. The van der Waals surface area contributed by atoms with Crippen LogP contribution in [-0.2, 0) is 9.59 Å². The number of aliphatic imine (C=N–C) groups is 1. The van der Waals surface area contributed by atoms with E-state index >= 15 is 0 Å². The fourth-order valence-corrected chi connectivity index (χ4v) is 2.04. The average molecular weight is 270 g/mol. The summed E-state index contributed by atoms with van der Waals surface area (Å²) in [7, 11) is 0. The number of Topliss-reactive ketones (excluding diaryl/α,β-unsaturated/α-hetero) is 1. The van der Waals surface area contributed by atoms with E-state index in [9.17, 15) is 9.59 Å². The Morgan fingerprint density at radius 2 is 2.21 bits per heavy atom. The highest BCUT2D eigenvalue weighted by atomic mass is 16.4. The molecule has 19 heavy (non-hydrogen) atoms. The first kappa shape index (κ1) is 15.6. The normalized spacial score (nSPS) is 20.8. The molecule has 7 heteroatoms. The number of carbonyl (C=O) groups excluding carboxylic acids is 1. The van der Waals surface area contributed by atoms with Gasteiger partial charge in [0.15, 0.2) is 5.78 Å². The lowest BCUT2D eigenvalue weighted by Crippen LogP contribution is -2.49. The molecule has 7 nitrogen and oxygen atoms in total. The van der Waals surface area contributed by atoms with Crippen LogP contribution in [0.4, 0.5) is 0 Å². The zero-order chi connectivity index (χ0) is 14.3. The van der Waals surface area contributed by atoms with Gasteiger partial charge in [-0.15, -0.1) is 0 Å². The second kappa shape index (κ2) is 7.85. The van der Waals surface area contributed by atoms with Crippen LogP contribution >= 0.6 is 0 Å². The van der Waals surface area contributed by atoms with E-state index in [0.717, 1.165) is 6.42 Å². The predicted octanol–water partition coefficient (Wildman–Crippen LogP) is -0.897. The van der Waals surface area contributed by atoms with Crippen molar-refractivity contribution in [3.63, 3.8) is 0 Å². The summed E-state index contributed by atoms with van der Waals surface area (Å²) in [6.45, 7) is 0.987. The molecule has 0 aromatic rings. The monoisotopic (exact) mass is 270 g/mol. The van der Waals surface area contributed by atoms with Gasteiger partial charge in [-0.1, -0.05) is 6.42 Å². The van der Waals surface area contributed by atoms with Gasteiger partial charge in [-0.2, -0.15) is 0 Å². The molecule has 3 unspecified atom stereocenters. The van der Waals surface area contributed by atoms with Gasteiger partial charge in [-0.3, -0.25) is 14.6 Å². The summed E-state index contributed by atoms with van der Waals surface area (Å²) in [6.07, 6.45) is 3.43. The van der Waals surface area contributed by atoms with E-state index in [1.807, 2.05) is 0 Å². The number of nitrogens with two attached hydrogens (primary N) is 2. The molecule has 0 aromatic heterocycles. The molecule has 0 aliphatic carbocycles. The first-order valence-electron chi connectivity index (χ1n) is 6.51. The smallest absolute Gasteiger partial charge is 0.306 e. The topological polar surface area (TPSA) is 131 Å². The molecule has 0 amide bonds. The molecule has 0 spiro atoms. The van der Waals surface area contributed by atoms with Gasteiger partial charge in [0.05, 0.1) is 30.9 Å². The Kier molecular flexibility index (Phi) is 6.44. The molecule has 108 valence electrons. The molecule has 3 atom stereocenters. The lowest BCUT2D eigenvalue weighted by atomic mass is 9.92. The number of unbranched alkanes of at least 4 members (excludes halogenated alkanes) is 1. The van der Waals surface area contributed by atoms with E-state index in [0.29, 0.717) is 25.9 Å². The molecule has 0 saturated heterocycles. The lowest BCUT2D eigenvalue weighted by Gasteiger charge is -2.19. The summed E-state index contributed by atoms with van der Waals surface area (Å²) in [5.74, 6) is -1.86. The highest BCUT2D eigenvalue weighted by molar-refractivity contribution is 5.88. The van der Waals surface area contributed by atoms with Crippen molar-refractivity contribution in [3.8, 4) is 0 Å². The van der Waals surface area contributed by atoms with E-state index in [4.69, 9.17) is 16.6 Å². The lowest BCUT2D eigenvalue weighted by molar-refractivity contribution is -0.144. The van der Waals surface area contributed by atoms with Crippen molar-refractivity contribution in [2.24, 2.45) is 22.4 Å². The number of rotatable bonds is 9. The zero-order valence-corrected chi connectivity index (χ0v) is 10.9. The van der Waals surface area contributed by atoms with E-state index in [2.05, 4.69) is 10.3 Å². The number of nitrogens with one attached hydrogen (secondary N) is 1. The molecule has 0 bridgehead atoms. The molecule has 0 aromatic carbocycles. The van der Waals surface area contributed by atoms with Crippen LogP contribution in [0.3, 0.4) is 0 Å². The van der Waals surface area contributed by atoms with Crippen LogP contribution < -0.4 is 16.8 Å². The fourth-order valence-electron chi connectivity index (χ4n) is 2.04. The molecular formula is C12H22N4O3. The number of carbonyl (C=O) groups is 2. The second-order valence-corrected chi connectivity index (χ2v) is 4.78. The van der Waals surface area contributed by atoms with Crippen molar-refractivity contribution in [2.75, 3.05) is 13.1 Å². The van der Waals surface area contributed by atoms with Gasteiger partial charge in [0.2, 0.25) is 0 Å². The van der Waals surface area contributed by atoms with Crippen LogP contribution in [0.25, 0.3) is 0 Å². The minimum absolute atomic E-state index is 0.0285. The Balaban J connectivity index is 2.43. The summed E-state index contributed by atoms with van der Waals surface area (Å²) < 4.78 is 0. The van der Waals surface area contributed by atoms with Crippen molar-refractivity contribution in [1.29, 1.82) is 0 Å². The van der Waals surface area contributed by atoms with Gasteiger partial charge in [0, 0.05) is 6.42 Å². The molecule has 1 aliphatic heterocycles. The van der Waals surface area contributed by atoms with Crippen molar-refractivity contribution in [2.45, 2.75) is 37.8 Å². The van der Waals surface area contributed by atoms with Gasteiger partial charge in [0.25, 0.3) is 0 Å². The number of carboxylic acids is 1. The summed E-state index contributed by atoms with van der Waals surface area (Å²) in [4.78, 5) is 27.0. The summed E-state index contributed by atoms with van der Waals surface area (Å²) in [5, 5.41) is 12.0. The minimum atomic E-state index is -0.951. The Morgan fingerprint density at radius 1 is 1.47 bits per heavy atom. The van der Waals surface area contributed by atoms with E-state index in [-0.39, 0.29) is 18.2 Å². The van der Waals surface area contributed by atoms with Gasteiger partial charge in [-0.05, 0) is 19.4 Å². The van der Waals surface area contributed by atoms with Crippen molar-refractivity contribution < 1.29 is 14.7 Å². The summed E-state index contributed by atoms with van der Waals surface area (Å²) >= 11 is 0. The second-order valence-electron chi connectivity index (χ2n) is 4.78. The summed E-state index contributed by atoms with van der Waals surface area (Å²) in [5.41, 5.74) is 11.2. The molecule has 0 saturated carbocycles. The van der Waals surface area contributed by atoms with Crippen LogP contribution in [-0.4, -0.2) is 48.4 Å². The van der Waals surface area contributed by atoms with E-state index in [1.54, 1.807) is 0 Å². The summed E-state index contributed by atoms with van der Waals surface area (Å²) in [6, 6.07) is -0.926. The van der Waals surface area contributed by atoms with Crippen LogP contribution in [0.2, 0.25) is 0 Å². The first-order valence-corrected chi connectivity index (χ1v) is 6.51. The van der Waals surface area contributed by atoms with Gasteiger partial charge in [0.1, 0.15) is 0 Å². The quantitative estimate of drug-likeness (QED) is 0.402. The molecule has 1 aliphatic rings.